The van der Waals surface area contributed by atoms with Crippen LogP contribution in [0, 0.1) is 11.7 Å². The molecule has 0 aliphatic carbocycles. The Kier molecular flexibility index (Phi) is 6.78. The number of amides is 1. The maximum atomic E-state index is 12.9. The molecule has 1 fully saturated rings. The van der Waals surface area contributed by atoms with Crippen molar-refractivity contribution in [2.75, 3.05) is 39.5 Å². The van der Waals surface area contributed by atoms with Gasteiger partial charge in [0, 0.05) is 39.0 Å². The SMILES string of the molecule is CN(CCC(=O)N1CCC[C@H](COc2ccc(F)cc2)C1)S(C)(=O)=O. The van der Waals surface area contributed by atoms with Crippen LogP contribution in [0.25, 0.3) is 0 Å². The second kappa shape index (κ2) is 8.62. The van der Waals surface area contributed by atoms with Gasteiger partial charge in [0.25, 0.3) is 0 Å². The van der Waals surface area contributed by atoms with Crippen LogP contribution in [0.1, 0.15) is 19.3 Å². The summed E-state index contributed by atoms with van der Waals surface area (Å²) in [6.45, 7) is 1.95. The number of sulfonamides is 1. The fourth-order valence-electron chi connectivity index (χ4n) is 2.75. The molecule has 8 heteroatoms. The Morgan fingerprint density at radius 2 is 2.04 bits per heavy atom. The number of rotatable bonds is 7. The molecule has 140 valence electrons. The van der Waals surface area contributed by atoms with Crippen molar-refractivity contribution in [3.63, 3.8) is 0 Å². The lowest BCUT2D eigenvalue weighted by Gasteiger charge is -2.33. The Morgan fingerprint density at radius 1 is 1.36 bits per heavy atom. The quantitative estimate of drug-likeness (QED) is 0.731. The number of hydrogen-bond donors (Lipinski definition) is 0. The van der Waals surface area contributed by atoms with E-state index in [1.54, 1.807) is 17.0 Å². The highest BCUT2D eigenvalue weighted by Crippen LogP contribution is 2.20. The van der Waals surface area contributed by atoms with Crippen LogP contribution in [0.2, 0.25) is 0 Å². The fourth-order valence-corrected chi connectivity index (χ4v) is 3.17. The minimum atomic E-state index is -3.27. The van der Waals surface area contributed by atoms with Crippen molar-refractivity contribution in [2.24, 2.45) is 5.92 Å². The number of likely N-dealkylation sites (tertiary alicyclic amines) is 1. The molecule has 1 aromatic carbocycles. The van der Waals surface area contributed by atoms with E-state index >= 15 is 0 Å². The van der Waals surface area contributed by atoms with Gasteiger partial charge in [-0.05, 0) is 37.1 Å². The Morgan fingerprint density at radius 3 is 2.68 bits per heavy atom. The van der Waals surface area contributed by atoms with Gasteiger partial charge in [-0.3, -0.25) is 4.79 Å². The van der Waals surface area contributed by atoms with Crippen LogP contribution in [0.15, 0.2) is 24.3 Å². The molecular weight excluding hydrogens is 347 g/mol. The van der Waals surface area contributed by atoms with E-state index in [1.807, 2.05) is 0 Å². The van der Waals surface area contributed by atoms with E-state index in [9.17, 15) is 17.6 Å². The first-order chi connectivity index (χ1) is 11.8. The summed E-state index contributed by atoms with van der Waals surface area (Å²) >= 11 is 0. The summed E-state index contributed by atoms with van der Waals surface area (Å²) in [6.07, 6.45) is 3.16. The van der Waals surface area contributed by atoms with E-state index in [0.717, 1.165) is 19.1 Å². The average Bonchev–Trinajstić information content (AvgIpc) is 2.58. The first-order valence-corrected chi connectivity index (χ1v) is 10.2. The van der Waals surface area contributed by atoms with Gasteiger partial charge in [0.2, 0.25) is 15.9 Å². The summed E-state index contributed by atoms with van der Waals surface area (Å²) in [5, 5.41) is 0. The van der Waals surface area contributed by atoms with Gasteiger partial charge >= 0.3 is 0 Å². The predicted molar refractivity (Wildman–Crippen MR) is 93.3 cm³/mol. The molecule has 0 aromatic heterocycles. The minimum Gasteiger partial charge on any atom is -0.493 e. The van der Waals surface area contributed by atoms with Gasteiger partial charge in [-0.15, -0.1) is 0 Å². The average molecular weight is 372 g/mol. The zero-order chi connectivity index (χ0) is 18.4. The van der Waals surface area contributed by atoms with Gasteiger partial charge in [-0.1, -0.05) is 0 Å². The van der Waals surface area contributed by atoms with Crippen molar-refractivity contribution in [2.45, 2.75) is 19.3 Å². The van der Waals surface area contributed by atoms with Gasteiger partial charge in [0.1, 0.15) is 11.6 Å². The lowest BCUT2D eigenvalue weighted by atomic mass is 9.98. The van der Waals surface area contributed by atoms with Crippen LogP contribution in [0.3, 0.4) is 0 Å². The van der Waals surface area contributed by atoms with E-state index in [2.05, 4.69) is 0 Å². The van der Waals surface area contributed by atoms with Crippen LogP contribution < -0.4 is 4.74 Å². The van der Waals surface area contributed by atoms with Gasteiger partial charge in [0.15, 0.2) is 0 Å². The van der Waals surface area contributed by atoms with Crippen LogP contribution in [0.4, 0.5) is 4.39 Å². The molecule has 6 nitrogen and oxygen atoms in total. The number of carbonyl (C=O) groups is 1. The van der Waals surface area contributed by atoms with Crippen molar-refractivity contribution in [1.29, 1.82) is 0 Å². The second-order valence-electron chi connectivity index (χ2n) is 6.45. The molecule has 1 amide bonds. The summed E-state index contributed by atoms with van der Waals surface area (Å²) in [5.41, 5.74) is 0. The van der Waals surface area contributed by atoms with Crippen LogP contribution >= 0.6 is 0 Å². The van der Waals surface area contributed by atoms with Gasteiger partial charge in [0.05, 0.1) is 12.9 Å². The summed E-state index contributed by atoms with van der Waals surface area (Å²) in [5.74, 6) is 0.484. The molecule has 1 aliphatic heterocycles. The molecule has 0 saturated carbocycles. The highest BCUT2D eigenvalue weighted by Gasteiger charge is 2.24. The molecule has 1 heterocycles. The van der Waals surface area contributed by atoms with E-state index in [0.29, 0.717) is 25.4 Å². The Labute approximate surface area is 148 Å². The topological polar surface area (TPSA) is 66.9 Å². The largest absolute Gasteiger partial charge is 0.493 e. The molecule has 1 saturated heterocycles. The van der Waals surface area contributed by atoms with Crippen LogP contribution in [0.5, 0.6) is 5.75 Å². The summed E-state index contributed by atoms with van der Waals surface area (Å²) in [7, 11) is -1.80. The van der Waals surface area contributed by atoms with Gasteiger partial charge < -0.3 is 9.64 Å². The molecule has 1 aromatic rings. The zero-order valence-corrected chi connectivity index (χ0v) is 15.5. The number of benzene rings is 1. The molecule has 0 radical (unpaired) electrons. The van der Waals surface area contributed by atoms with E-state index in [1.165, 1.54) is 23.5 Å². The standard InChI is InChI=1S/C17H25FN2O4S/c1-19(25(2,22)23)11-9-17(21)20-10-3-4-14(12-20)13-24-16-7-5-15(18)6-8-16/h5-8,14H,3-4,9-13H2,1-2H3/t14-/m0/s1. The maximum absolute atomic E-state index is 12.9. The van der Waals surface area contributed by atoms with Gasteiger partial charge in [-0.2, -0.15) is 0 Å². The number of piperidine rings is 1. The van der Waals surface area contributed by atoms with Crippen LogP contribution in [-0.4, -0.2) is 63.1 Å². The highest BCUT2D eigenvalue weighted by atomic mass is 32.2. The van der Waals surface area contributed by atoms with E-state index in [-0.39, 0.29) is 30.6 Å². The Bertz CT molecular complexity index is 678. The molecule has 2 rings (SSSR count). The maximum Gasteiger partial charge on any atom is 0.223 e. The first-order valence-electron chi connectivity index (χ1n) is 8.33. The number of halogens is 1. The van der Waals surface area contributed by atoms with Crippen molar-refractivity contribution in [3.05, 3.63) is 30.1 Å². The third-order valence-electron chi connectivity index (χ3n) is 4.38. The van der Waals surface area contributed by atoms with Crippen molar-refractivity contribution in [1.82, 2.24) is 9.21 Å². The third-order valence-corrected chi connectivity index (χ3v) is 5.69. The van der Waals surface area contributed by atoms with E-state index in [4.69, 9.17) is 4.74 Å². The van der Waals surface area contributed by atoms with Crippen molar-refractivity contribution < 1.29 is 22.3 Å². The molecular formula is C17H25FN2O4S. The minimum absolute atomic E-state index is 0.0398. The van der Waals surface area contributed by atoms with Crippen molar-refractivity contribution in [3.8, 4) is 5.75 Å². The summed E-state index contributed by atoms with van der Waals surface area (Å²) < 4.78 is 42.5. The fraction of sp³-hybridized carbons (Fsp3) is 0.588. The predicted octanol–water partition coefficient (Wildman–Crippen LogP) is 1.72. The molecule has 0 bridgehead atoms. The Hall–Kier alpha value is -1.67. The van der Waals surface area contributed by atoms with E-state index < -0.39 is 10.0 Å². The summed E-state index contributed by atoms with van der Waals surface area (Å²) in [4.78, 5) is 14.1. The molecule has 0 unspecified atom stereocenters. The smallest absolute Gasteiger partial charge is 0.223 e. The molecule has 0 N–H and O–H groups in total. The first kappa shape index (κ1) is 19.7. The Balaban J connectivity index is 1.79. The molecule has 1 atom stereocenters. The second-order valence-corrected chi connectivity index (χ2v) is 8.54. The lowest BCUT2D eigenvalue weighted by molar-refractivity contribution is -0.133. The summed E-state index contributed by atoms with van der Waals surface area (Å²) in [6, 6.07) is 5.87. The van der Waals surface area contributed by atoms with Crippen molar-refractivity contribution >= 4 is 15.9 Å². The number of carbonyl (C=O) groups excluding carboxylic acids is 1. The molecule has 0 spiro atoms. The highest BCUT2D eigenvalue weighted by molar-refractivity contribution is 7.88. The van der Waals surface area contributed by atoms with Gasteiger partial charge in [-0.25, -0.2) is 17.1 Å². The molecule has 1 aliphatic rings. The van der Waals surface area contributed by atoms with Crippen LogP contribution in [-0.2, 0) is 14.8 Å². The number of ether oxygens (including phenoxy) is 1. The number of hydrogen-bond acceptors (Lipinski definition) is 4. The number of nitrogens with zero attached hydrogens (tertiary/aromatic N) is 2. The third kappa shape index (κ3) is 6.28. The normalized spacial score (nSPS) is 18.4. The lowest BCUT2D eigenvalue weighted by Crippen LogP contribution is -2.42. The zero-order valence-electron chi connectivity index (χ0n) is 14.7. The monoisotopic (exact) mass is 372 g/mol. The molecule has 25 heavy (non-hydrogen) atoms.